The first-order valence-electron chi connectivity index (χ1n) is 29.0. The summed E-state index contributed by atoms with van der Waals surface area (Å²) >= 11 is 0. The van der Waals surface area contributed by atoms with E-state index in [9.17, 15) is 36.0 Å². The van der Waals surface area contributed by atoms with Gasteiger partial charge in [0.15, 0.2) is 70.2 Å². The van der Waals surface area contributed by atoms with Crippen LogP contribution in [0.4, 0.5) is 32.6 Å². The molecular formula is C58H74N16O15S2. The number of rotatable bonds is 16. The second kappa shape index (κ2) is 27.2. The van der Waals surface area contributed by atoms with E-state index in [1.54, 1.807) is 112 Å². The van der Waals surface area contributed by atoms with Crippen molar-refractivity contribution >= 4 is 89.3 Å². The molecule has 33 heteroatoms. The van der Waals surface area contributed by atoms with Crippen LogP contribution in [0.25, 0.3) is 22.3 Å². The van der Waals surface area contributed by atoms with Crippen molar-refractivity contribution in [1.29, 1.82) is 0 Å². The number of carbonyl (C=O) groups is 4. The monoisotopic (exact) mass is 1300 g/mol. The molecule has 8 atom stereocenters. The summed E-state index contributed by atoms with van der Waals surface area (Å²) in [4.78, 5) is 76.6. The van der Waals surface area contributed by atoms with Crippen molar-refractivity contribution in [2.24, 2.45) is 0 Å². The molecule has 488 valence electrons. The van der Waals surface area contributed by atoms with Gasteiger partial charge in [0.1, 0.15) is 52.6 Å². The number of hydrogen-bond donors (Lipinski definition) is 6. The fraction of sp³-hybridized carbons (Fsp3) is 0.448. The minimum absolute atomic E-state index is 0.0511. The van der Waals surface area contributed by atoms with Gasteiger partial charge in [-0.25, -0.2) is 56.3 Å². The number of sulfonamides is 2. The van der Waals surface area contributed by atoms with Crippen LogP contribution in [-0.2, 0) is 58.1 Å². The van der Waals surface area contributed by atoms with E-state index in [2.05, 4.69) is 56.5 Å². The Balaban J connectivity index is 0.000000178. The minimum atomic E-state index is -3.87. The molecule has 11 rings (SSSR count). The summed E-state index contributed by atoms with van der Waals surface area (Å²) in [7, 11) is -4.31. The Hall–Kier alpha value is -8.38. The summed E-state index contributed by atoms with van der Waals surface area (Å²) in [6, 6.07) is 20.1. The lowest BCUT2D eigenvalue weighted by Gasteiger charge is -2.24. The molecule has 4 aromatic heterocycles. The number of urea groups is 1. The van der Waals surface area contributed by atoms with Crippen LogP contribution in [0.5, 0.6) is 5.75 Å². The number of imidazole rings is 2. The third-order valence-corrected chi connectivity index (χ3v) is 19.0. The maximum absolute atomic E-state index is 13.1. The number of ether oxygens (including phenoxy) is 7. The van der Waals surface area contributed by atoms with Crippen LogP contribution in [-0.4, -0.2) is 176 Å². The third-order valence-electron chi connectivity index (χ3n) is 14.8. The first-order chi connectivity index (χ1) is 43.1. The van der Waals surface area contributed by atoms with Crippen LogP contribution < -0.4 is 37.1 Å². The van der Waals surface area contributed by atoms with Gasteiger partial charge in [0.05, 0.1) is 24.0 Å². The second-order valence-corrected chi connectivity index (χ2v) is 26.5. The molecule has 8 heterocycles. The van der Waals surface area contributed by atoms with Crippen molar-refractivity contribution in [2.75, 3.05) is 48.9 Å². The zero-order valence-corrected chi connectivity index (χ0v) is 53.6. The van der Waals surface area contributed by atoms with Gasteiger partial charge >= 0.3 is 12.1 Å². The molecule has 0 spiro atoms. The van der Waals surface area contributed by atoms with Gasteiger partial charge in [0.25, 0.3) is 11.8 Å². The predicted octanol–water partition coefficient (Wildman–Crippen LogP) is 5.34. The number of fused-ring (bicyclic) bond motifs is 4. The van der Waals surface area contributed by atoms with Crippen molar-refractivity contribution < 1.29 is 69.2 Å². The van der Waals surface area contributed by atoms with Crippen molar-refractivity contribution in [3.63, 3.8) is 0 Å². The highest BCUT2D eigenvalue weighted by molar-refractivity contribution is 7.89. The fourth-order valence-corrected chi connectivity index (χ4v) is 13.2. The number of anilines is 4. The molecule has 0 radical (unpaired) electrons. The van der Waals surface area contributed by atoms with Crippen LogP contribution in [0.15, 0.2) is 114 Å². The summed E-state index contributed by atoms with van der Waals surface area (Å²) < 4.78 is 97.7. The summed E-state index contributed by atoms with van der Waals surface area (Å²) in [6.07, 6.45) is -1.02. The number of nitrogens with one attached hydrogen (secondary N) is 5. The molecule has 3 aromatic carbocycles. The van der Waals surface area contributed by atoms with E-state index < -0.39 is 92.8 Å². The van der Waals surface area contributed by atoms with E-state index in [1.807, 2.05) is 33.8 Å². The number of para-hydroxylation sites is 3. The standard InChI is InChI=1S/C26H34N8O7S.C22H24N6O6.C10H16N2O2S/c1-7-27-23(35)19-18-20(41-26(4,5)40-18)24(39-19)34-13-30-17-21(28-12-29-22(17)34)32-25(36)31-15-10-8-9-11-16(15)42(37,38)33(6)14(2)3;1-4-23-19(29)15-14-16(34-22(2,3)33-14)20(32-15)28-11-26-13-17(24-10-25-18(13)28)27-21(30)31-12-8-6-5-7-9-12;1-8(2)12(3)15(13,14)10-7-5-4-6-9(10)11/h8-14,18-20,24H,7H2,1-6H3,(H,27,35)(H2,28,29,31,32,36);5-11,14-16,20H,4H2,1-3H3,(H,23,29)(H,24,25,27,30);4-8H,11H2,1-3H3/t18?,19-,20?,24+;14?,15-,16?,20+;/m00./s1. The smallest absolute Gasteiger partial charge is 0.410 e. The molecular weight excluding hydrogens is 1220 g/mol. The maximum atomic E-state index is 13.1. The largest absolute Gasteiger partial charge is 0.418 e. The SMILES string of the molecule is CC(C)N(C)S(=O)(=O)c1ccccc1N.CCNC(=O)[C@H]1O[C@@H](n2cnc3c(NC(=O)Nc4ccccc4S(=O)(=O)N(C)C(C)C)ncnc32)C2OC(C)(C)OC21.CCNC(=O)[C@H]1O[C@@H](n2cnc3c(NC(=O)Oc4ccccc4)ncnc32)C2OC(C)(C)OC21. The predicted molar refractivity (Wildman–Crippen MR) is 330 cm³/mol. The van der Waals surface area contributed by atoms with E-state index in [0.29, 0.717) is 35.7 Å². The Kier molecular flexibility index (Phi) is 20.0. The first kappa shape index (κ1) is 67.0. The van der Waals surface area contributed by atoms with E-state index in [0.717, 1.165) is 0 Å². The molecule has 4 fully saturated rings. The number of nitrogens with zero attached hydrogens (tertiary/aromatic N) is 10. The van der Waals surface area contributed by atoms with Crippen LogP contribution >= 0.6 is 0 Å². The molecule has 0 bridgehead atoms. The number of nitrogen functional groups attached to an aromatic ring is 1. The summed E-state index contributed by atoms with van der Waals surface area (Å²) in [5, 5.41) is 13.3. The van der Waals surface area contributed by atoms with Crippen LogP contribution in [0, 0.1) is 0 Å². The highest BCUT2D eigenvalue weighted by atomic mass is 32.2. The Bertz CT molecular complexity index is 4020. The van der Waals surface area contributed by atoms with Crippen molar-refractivity contribution in [3.8, 4) is 5.75 Å². The number of hydrogen-bond acceptors (Lipinski definition) is 22. The van der Waals surface area contributed by atoms with Crippen molar-refractivity contribution in [3.05, 3.63) is 104 Å². The Morgan fingerprint density at radius 2 is 1.01 bits per heavy atom. The quantitative estimate of drug-likeness (QED) is 0.0665. The van der Waals surface area contributed by atoms with Crippen molar-refractivity contribution in [1.82, 2.24) is 58.3 Å². The average Bonchev–Trinajstić information content (AvgIpc) is 1.60. The van der Waals surface area contributed by atoms with Gasteiger partial charge in [0.2, 0.25) is 20.0 Å². The molecule has 31 nitrogen and oxygen atoms in total. The number of carbonyl (C=O) groups excluding carboxylic acids is 4. The van der Waals surface area contributed by atoms with Gasteiger partial charge in [-0.15, -0.1) is 0 Å². The lowest BCUT2D eigenvalue weighted by atomic mass is 10.1. The van der Waals surface area contributed by atoms with Gasteiger partial charge in [0, 0.05) is 39.3 Å². The lowest BCUT2D eigenvalue weighted by molar-refractivity contribution is -0.198. The number of aromatic nitrogens is 8. The average molecular weight is 1300 g/mol. The zero-order valence-electron chi connectivity index (χ0n) is 52.0. The summed E-state index contributed by atoms with van der Waals surface area (Å²) in [5.41, 5.74) is 7.29. The molecule has 4 aliphatic rings. The number of benzene rings is 3. The van der Waals surface area contributed by atoms with Gasteiger partial charge in [-0.1, -0.05) is 42.5 Å². The molecule has 91 heavy (non-hydrogen) atoms. The van der Waals surface area contributed by atoms with Gasteiger partial charge in [-0.05, 0) is 106 Å². The Labute approximate surface area is 525 Å². The second-order valence-electron chi connectivity index (χ2n) is 22.6. The normalized spacial score (nSPS) is 22.2. The third kappa shape index (κ3) is 14.4. The Morgan fingerprint density at radius 3 is 1.48 bits per heavy atom. The molecule has 5 amide bonds. The van der Waals surface area contributed by atoms with Crippen LogP contribution in [0.2, 0.25) is 0 Å². The molecule has 7 N–H and O–H groups in total. The minimum Gasteiger partial charge on any atom is -0.410 e. The van der Waals surface area contributed by atoms with E-state index in [4.69, 9.17) is 38.9 Å². The first-order valence-corrected chi connectivity index (χ1v) is 31.9. The number of amides is 5. The van der Waals surface area contributed by atoms with E-state index >= 15 is 0 Å². The highest BCUT2D eigenvalue weighted by Crippen LogP contribution is 2.46. The molecule has 7 aromatic rings. The molecule has 4 unspecified atom stereocenters. The number of nitrogens with two attached hydrogens (primary N) is 1. The van der Waals surface area contributed by atoms with Gasteiger partial charge in [-0.3, -0.25) is 29.4 Å². The summed E-state index contributed by atoms with van der Waals surface area (Å²) in [6.45, 7) is 18.7. The van der Waals surface area contributed by atoms with Gasteiger partial charge < -0.3 is 54.8 Å². The molecule has 4 saturated heterocycles. The molecule has 0 aliphatic carbocycles. The number of likely N-dealkylation sites (N-methyl/N-ethyl adjacent to an activating group) is 2. The van der Waals surface area contributed by atoms with Gasteiger partial charge in [-0.2, -0.15) is 8.61 Å². The topological polar surface area (TPSA) is 381 Å². The van der Waals surface area contributed by atoms with Crippen LogP contribution in [0.1, 0.15) is 81.7 Å². The van der Waals surface area contributed by atoms with Crippen LogP contribution in [0.3, 0.4) is 0 Å². The maximum Gasteiger partial charge on any atom is 0.418 e. The fourth-order valence-electron chi connectivity index (χ4n) is 10.2. The van der Waals surface area contributed by atoms with E-state index in [1.165, 1.54) is 59.2 Å². The van der Waals surface area contributed by atoms with E-state index in [-0.39, 0.29) is 62.2 Å². The lowest BCUT2D eigenvalue weighted by Crippen LogP contribution is -2.42. The van der Waals surface area contributed by atoms with Crippen molar-refractivity contribution in [2.45, 2.75) is 152 Å². The highest BCUT2D eigenvalue weighted by Gasteiger charge is 2.60. The molecule has 0 saturated carbocycles. The Morgan fingerprint density at radius 1 is 0.582 bits per heavy atom. The zero-order chi connectivity index (χ0) is 65.9. The molecule has 4 aliphatic heterocycles. The summed E-state index contributed by atoms with van der Waals surface area (Å²) in [5.74, 6) is -1.80.